The van der Waals surface area contributed by atoms with Crippen molar-refractivity contribution in [3.8, 4) is 0 Å². The molecule has 112 valence electrons. The van der Waals surface area contributed by atoms with Crippen molar-refractivity contribution < 1.29 is 13.2 Å². The van der Waals surface area contributed by atoms with E-state index in [1.54, 1.807) is 6.07 Å². The number of hydrogen-bond donors (Lipinski definition) is 2. The van der Waals surface area contributed by atoms with Crippen molar-refractivity contribution in [3.05, 3.63) is 23.2 Å². The number of carbonyl (C=O) groups excluding carboxylic acids is 1. The molecule has 0 aromatic heterocycles. The fraction of sp³-hybridized carbons (Fsp3) is 0.462. The predicted octanol–water partition coefficient (Wildman–Crippen LogP) is 2.00. The van der Waals surface area contributed by atoms with Crippen LogP contribution in [0, 0.1) is 0 Å². The van der Waals surface area contributed by atoms with Crippen LogP contribution < -0.4 is 11.1 Å². The van der Waals surface area contributed by atoms with Crippen molar-refractivity contribution in [2.24, 2.45) is 0 Å². The Kier molecular flexibility index (Phi) is 5.83. The van der Waals surface area contributed by atoms with Crippen LogP contribution in [-0.2, 0) is 14.6 Å². The van der Waals surface area contributed by atoms with Crippen LogP contribution in [0.15, 0.2) is 23.1 Å². The molecular formula is C13H19ClN2O3S. The maximum Gasteiger partial charge on any atom is 0.235 e. The highest BCUT2D eigenvalue weighted by atomic mass is 35.5. The van der Waals surface area contributed by atoms with E-state index in [-0.39, 0.29) is 21.6 Å². The molecule has 3 N–H and O–H groups in total. The lowest BCUT2D eigenvalue weighted by atomic mass is 10.2. The molecule has 1 aromatic carbocycles. The van der Waals surface area contributed by atoms with Crippen LogP contribution in [0.2, 0.25) is 5.02 Å². The molecule has 0 fully saturated rings. The van der Waals surface area contributed by atoms with Gasteiger partial charge in [0, 0.05) is 6.04 Å². The highest BCUT2D eigenvalue weighted by molar-refractivity contribution is 7.92. The van der Waals surface area contributed by atoms with E-state index >= 15 is 0 Å². The topological polar surface area (TPSA) is 89.3 Å². The third-order valence-corrected chi connectivity index (χ3v) is 5.13. The number of halogens is 1. The number of sulfone groups is 1. The van der Waals surface area contributed by atoms with Gasteiger partial charge in [0.2, 0.25) is 5.91 Å². The first-order chi connectivity index (χ1) is 9.31. The second-order valence-electron chi connectivity index (χ2n) is 4.50. The van der Waals surface area contributed by atoms with Gasteiger partial charge in [0.25, 0.3) is 0 Å². The van der Waals surface area contributed by atoms with Gasteiger partial charge in [-0.3, -0.25) is 4.79 Å². The summed E-state index contributed by atoms with van der Waals surface area (Å²) in [5.74, 6) is -1.20. The predicted molar refractivity (Wildman–Crippen MR) is 80.4 cm³/mol. The molecule has 1 aromatic rings. The van der Waals surface area contributed by atoms with Crippen LogP contribution in [0.1, 0.15) is 26.7 Å². The van der Waals surface area contributed by atoms with E-state index in [1.807, 2.05) is 13.8 Å². The van der Waals surface area contributed by atoms with Crippen molar-refractivity contribution in [3.63, 3.8) is 0 Å². The summed E-state index contributed by atoms with van der Waals surface area (Å²) in [4.78, 5) is 11.6. The maximum absolute atomic E-state index is 12.2. The third kappa shape index (κ3) is 4.11. The van der Waals surface area contributed by atoms with Gasteiger partial charge in [-0.1, -0.05) is 31.5 Å². The summed E-state index contributed by atoms with van der Waals surface area (Å²) in [5.41, 5.74) is 5.69. The zero-order valence-electron chi connectivity index (χ0n) is 11.5. The van der Waals surface area contributed by atoms with Crippen molar-refractivity contribution in [2.75, 3.05) is 11.5 Å². The number of hydrogen-bond acceptors (Lipinski definition) is 4. The first-order valence-corrected chi connectivity index (χ1v) is 8.41. The van der Waals surface area contributed by atoms with Crippen LogP contribution in [0.5, 0.6) is 0 Å². The highest BCUT2D eigenvalue weighted by Crippen LogP contribution is 2.27. The zero-order valence-corrected chi connectivity index (χ0v) is 13.1. The maximum atomic E-state index is 12.2. The standard InChI is InChI=1S/C13H19ClN2O3S/c1-3-9(4-2)16-12(17)8-20(18,19)13-10(14)6-5-7-11(13)15/h5-7,9H,3-4,8,15H2,1-2H3,(H,16,17). The normalized spacial score (nSPS) is 11.6. The van der Waals surface area contributed by atoms with Crippen molar-refractivity contribution in [2.45, 2.75) is 37.6 Å². The summed E-state index contributed by atoms with van der Waals surface area (Å²) < 4.78 is 24.4. The molecular weight excluding hydrogens is 300 g/mol. The molecule has 5 nitrogen and oxygen atoms in total. The van der Waals surface area contributed by atoms with Crippen LogP contribution >= 0.6 is 11.6 Å². The van der Waals surface area contributed by atoms with Gasteiger partial charge in [0.15, 0.2) is 9.84 Å². The zero-order chi connectivity index (χ0) is 15.3. The second kappa shape index (κ2) is 6.95. The molecule has 20 heavy (non-hydrogen) atoms. The Hall–Kier alpha value is -1.27. The Bertz CT molecular complexity index is 563. The number of nitrogen functional groups attached to an aromatic ring is 1. The number of anilines is 1. The fourth-order valence-electron chi connectivity index (χ4n) is 1.86. The fourth-order valence-corrected chi connectivity index (χ4v) is 3.76. The Balaban J connectivity index is 2.93. The van der Waals surface area contributed by atoms with Gasteiger partial charge in [-0.2, -0.15) is 0 Å². The van der Waals surface area contributed by atoms with E-state index < -0.39 is 21.5 Å². The van der Waals surface area contributed by atoms with E-state index in [4.69, 9.17) is 17.3 Å². The van der Waals surface area contributed by atoms with Gasteiger partial charge in [0.1, 0.15) is 10.6 Å². The average Bonchev–Trinajstić information content (AvgIpc) is 2.34. The molecule has 0 atom stereocenters. The van der Waals surface area contributed by atoms with E-state index in [9.17, 15) is 13.2 Å². The quantitative estimate of drug-likeness (QED) is 0.785. The van der Waals surface area contributed by atoms with Gasteiger partial charge in [-0.05, 0) is 25.0 Å². The molecule has 0 saturated heterocycles. The first-order valence-electron chi connectivity index (χ1n) is 6.37. The molecule has 0 saturated carbocycles. The summed E-state index contributed by atoms with van der Waals surface area (Å²) >= 11 is 5.87. The number of nitrogens with two attached hydrogens (primary N) is 1. The number of carbonyl (C=O) groups is 1. The monoisotopic (exact) mass is 318 g/mol. The summed E-state index contributed by atoms with van der Waals surface area (Å²) in [5, 5.41) is 2.71. The number of rotatable bonds is 6. The molecule has 7 heteroatoms. The Morgan fingerprint density at radius 3 is 2.45 bits per heavy atom. The van der Waals surface area contributed by atoms with E-state index in [0.29, 0.717) is 0 Å². The Morgan fingerprint density at radius 1 is 1.35 bits per heavy atom. The minimum Gasteiger partial charge on any atom is -0.398 e. The lowest BCUT2D eigenvalue weighted by Crippen LogP contribution is -2.37. The molecule has 0 spiro atoms. The highest BCUT2D eigenvalue weighted by Gasteiger charge is 2.25. The number of amides is 1. The van der Waals surface area contributed by atoms with Gasteiger partial charge >= 0.3 is 0 Å². The first kappa shape index (κ1) is 16.8. The van der Waals surface area contributed by atoms with Crippen molar-refractivity contribution in [1.29, 1.82) is 0 Å². The van der Waals surface area contributed by atoms with E-state index in [0.717, 1.165) is 12.8 Å². The summed E-state index contributed by atoms with van der Waals surface area (Å²) in [6.45, 7) is 3.85. The van der Waals surface area contributed by atoms with Crippen LogP contribution in [0.4, 0.5) is 5.69 Å². The Labute approximate surface area is 124 Å². The Morgan fingerprint density at radius 2 is 1.95 bits per heavy atom. The van der Waals surface area contributed by atoms with E-state index in [1.165, 1.54) is 12.1 Å². The largest absolute Gasteiger partial charge is 0.398 e. The minimum atomic E-state index is -3.85. The van der Waals surface area contributed by atoms with Crippen molar-refractivity contribution >= 4 is 33.0 Å². The molecule has 1 amide bonds. The second-order valence-corrected chi connectivity index (χ2v) is 6.83. The lowest BCUT2D eigenvalue weighted by molar-refractivity contribution is -0.119. The number of nitrogens with one attached hydrogen (secondary N) is 1. The van der Waals surface area contributed by atoms with Gasteiger partial charge in [-0.25, -0.2) is 8.42 Å². The smallest absolute Gasteiger partial charge is 0.235 e. The average molecular weight is 319 g/mol. The molecule has 1 rings (SSSR count). The SMILES string of the molecule is CCC(CC)NC(=O)CS(=O)(=O)c1c(N)cccc1Cl. The van der Waals surface area contributed by atoms with Gasteiger partial charge < -0.3 is 11.1 Å². The van der Waals surface area contributed by atoms with E-state index in [2.05, 4.69) is 5.32 Å². The lowest BCUT2D eigenvalue weighted by Gasteiger charge is -2.15. The van der Waals surface area contributed by atoms with Crippen molar-refractivity contribution in [1.82, 2.24) is 5.32 Å². The molecule has 0 aliphatic rings. The molecule has 0 heterocycles. The van der Waals surface area contributed by atoms with Gasteiger partial charge in [0.05, 0.1) is 10.7 Å². The molecule has 0 radical (unpaired) electrons. The number of benzene rings is 1. The minimum absolute atomic E-state index is 0.0266. The van der Waals surface area contributed by atoms with Crippen LogP contribution in [0.25, 0.3) is 0 Å². The summed E-state index contributed by atoms with van der Waals surface area (Å²) in [6.07, 6.45) is 1.49. The van der Waals surface area contributed by atoms with Crippen LogP contribution in [0.3, 0.4) is 0 Å². The molecule has 0 unspecified atom stereocenters. The molecule has 0 bridgehead atoms. The summed E-state index contributed by atoms with van der Waals surface area (Å²) in [7, 11) is -3.85. The van der Waals surface area contributed by atoms with Crippen LogP contribution in [-0.4, -0.2) is 26.1 Å². The summed E-state index contributed by atoms with van der Waals surface area (Å²) in [6, 6.07) is 4.41. The molecule has 0 aliphatic carbocycles. The third-order valence-electron chi connectivity index (χ3n) is 2.98. The molecule has 0 aliphatic heterocycles. The van der Waals surface area contributed by atoms with Gasteiger partial charge in [-0.15, -0.1) is 0 Å².